The largest absolute Gasteiger partial charge is 0.466 e. The molecule has 0 saturated carbocycles. The van der Waals surface area contributed by atoms with Gasteiger partial charge in [0, 0.05) is 44.9 Å². The first-order valence-electron chi connectivity index (χ1n) is 36.8. The third-order valence-corrected chi connectivity index (χ3v) is 19.9. The quantitative estimate of drug-likeness (QED) is 0.0197. The molecule has 0 aliphatic heterocycles. The monoisotopic (exact) mass is 2000 g/mol. The highest BCUT2D eigenvalue weighted by Gasteiger charge is 2.99. The normalized spacial score (nSPS) is 15.2. The first-order valence-corrected chi connectivity index (χ1v) is 37.1. The average molecular weight is 2000 g/mol. The fourth-order valence-electron chi connectivity index (χ4n) is 11.8. The van der Waals surface area contributed by atoms with Crippen LogP contribution in [0, 0.1) is 5.41 Å². The van der Waals surface area contributed by atoms with Crippen molar-refractivity contribution in [3.63, 3.8) is 0 Å². The predicted octanol–water partition coefficient (Wildman–Crippen LogP) is 29.0. The molecular weight excluding hydrogens is 1920 g/mol. The number of carbonyl (C=O) groups is 4. The molecule has 0 aliphatic rings. The first kappa shape index (κ1) is 121. The summed E-state index contributed by atoms with van der Waals surface area (Å²) in [5, 5.41) is -0.940. The minimum Gasteiger partial charge on any atom is -0.466 e. The van der Waals surface area contributed by atoms with E-state index in [2.05, 4.69) is 0 Å². The van der Waals surface area contributed by atoms with Gasteiger partial charge in [0.15, 0.2) is 0 Å². The maximum absolute atomic E-state index is 14.3. The summed E-state index contributed by atoms with van der Waals surface area (Å²) in [6.45, 7) is -1.25. The van der Waals surface area contributed by atoms with Crippen LogP contribution in [0.15, 0.2) is 0 Å². The molecule has 0 aliphatic carbocycles. The van der Waals surface area contributed by atoms with Crippen LogP contribution in [-0.2, 0) is 33.4 Å². The minimum atomic E-state index is -8.80. The molecule has 0 spiro atoms. The summed E-state index contributed by atoms with van der Waals surface area (Å²) >= 11 is 5.63. The number of esters is 3. The van der Waals surface area contributed by atoms with E-state index >= 15 is 0 Å². The standard InChI is InChI=1S/C67H76ClF51O7/c68-39(120)28-35-43(29-22-36-124-40(121)25-16-10-4-1-7-13-19-32-44(69,70)47(75,76)50(81,82)53(87,88)56(93,94)59(99,100)62(105,106)65(111,112)113,30-23-37-125-41(122)26-17-11-5-2-8-14-20-33-45(71,72)48(77,78)51(83,84)54(89,90)57(95,96)60(101,102)63(107,108)66(114,115)116)31-24-38-126-42(123)27-18-12-6-3-9-15-21-34-46(73,74)49(79,80)52(85,86)55(91,92)58(97,98)61(103,104)64(109,110)67(117,118)119/h1-38H2. The van der Waals surface area contributed by atoms with Crippen LogP contribution in [0.1, 0.15) is 225 Å². The number of unbranched alkanes of at least 4 members (excludes halogenated alkanes) is 18. The lowest BCUT2D eigenvalue weighted by atomic mass is 9.72. The Balaban J connectivity index is 5.98. The molecule has 0 aromatic heterocycles. The van der Waals surface area contributed by atoms with Crippen molar-refractivity contribution >= 4 is 34.8 Å². The van der Waals surface area contributed by atoms with Gasteiger partial charge in [0.2, 0.25) is 5.24 Å². The molecule has 0 rings (SSSR count). The van der Waals surface area contributed by atoms with E-state index in [0.29, 0.717) is 0 Å². The number of ether oxygens (including phenoxy) is 3. The van der Waals surface area contributed by atoms with Crippen molar-refractivity contribution in [2.45, 2.75) is 368 Å². The molecule has 0 fully saturated rings. The van der Waals surface area contributed by atoms with Gasteiger partial charge in [0.25, 0.3) is 0 Å². The zero-order chi connectivity index (χ0) is 99.8. The molecule has 0 amide bonds. The van der Waals surface area contributed by atoms with Gasteiger partial charge in [-0.1, -0.05) is 96.3 Å². The van der Waals surface area contributed by atoms with Gasteiger partial charge in [0.05, 0.1) is 19.8 Å². The topological polar surface area (TPSA) is 96.0 Å². The fraction of sp³-hybridized carbons (Fsp3) is 0.940. The Labute approximate surface area is 684 Å². The van der Waals surface area contributed by atoms with Crippen LogP contribution >= 0.6 is 11.6 Å². The molecule has 0 aromatic carbocycles. The highest BCUT2D eigenvalue weighted by atomic mass is 35.5. The number of alkyl halides is 51. The van der Waals surface area contributed by atoms with Crippen LogP contribution in [0.3, 0.4) is 0 Å². The second kappa shape index (κ2) is 43.2. The van der Waals surface area contributed by atoms with Crippen LogP contribution in [0.4, 0.5) is 224 Å². The lowest BCUT2D eigenvalue weighted by Crippen LogP contribution is -2.74. The summed E-state index contributed by atoms with van der Waals surface area (Å²) in [4.78, 5) is 50.0. The lowest BCUT2D eigenvalue weighted by molar-refractivity contribution is -0.461. The molecule has 126 heavy (non-hydrogen) atoms. The van der Waals surface area contributed by atoms with Crippen molar-refractivity contribution in [2.75, 3.05) is 19.8 Å². The van der Waals surface area contributed by atoms with Crippen LogP contribution in [-0.4, -0.2) is 186 Å². The number of hydrogen-bond donors (Lipinski definition) is 0. The molecule has 750 valence electrons. The Bertz CT molecular complexity index is 3040. The molecule has 0 heterocycles. The van der Waals surface area contributed by atoms with E-state index in [1.165, 1.54) is 0 Å². The average Bonchev–Trinajstić information content (AvgIpc) is 0.704. The van der Waals surface area contributed by atoms with E-state index in [1.807, 2.05) is 0 Å². The SMILES string of the molecule is O=C(Cl)CCC(CCCOC(=O)CCCCCCCCCC(F)(F)C(F)(F)C(F)(F)C(F)(F)C(F)(F)C(F)(F)C(F)(F)C(F)(F)F)(CCCOC(=O)CCCCCCCCCC(F)(F)C(F)(F)C(F)(F)C(F)(F)C(F)(F)C(F)(F)C(F)(F)C(F)(F)F)CCCOC(=O)CCCCCCCCCC(F)(F)C(F)(F)C(F)(F)C(F)(F)C(F)(F)C(F)(F)C(F)(F)C(F)(F)F. The van der Waals surface area contributed by atoms with Crippen molar-refractivity contribution in [3.8, 4) is 0 Å². The first-order chi connectivity index (χ1) is 56.0. The van der Waals surface area contributed by atoms with Gasteiger partial charge in [-0.05, 0) is 100 Å². The Morgan fingerprint density at radius 2 is 0.317 bits per heavy atom. The van der Waals surface area contributed by atoms with Gasteiger partial charge in [0.1, 0.15) is 0 Å². The van der Waals surface area contributed by atoms with E-state index in [4.69, 9.17) is 25.8 Å². The summed E-state index contributed by atoms with van der Waals surface area (Å²) in [7, 11) is 0. The second-order valence-electron chi connectivity index (χ2n) is 29.2. The summed E-state index contributed by atoms with van der Waals surface area (Å²) in [6.07, 6.45) is -41.0. The van der Waals surface area contributed by atoms with Crippen molar-refractivity contribution in [2.24, 2.45) is 5.41 Å². The lowest BCUT2D eigenvalue weighted by Gasteiger charge is -2.42. The van der Waals surface area contributed by atoms with Crippen LogP contribution < -0.4 is 0 Å². The molecule has 0 radical (unpaired) electrons. The van der Waals surface area contributed by atoms with Gasteiger partial charge in [-0.25, -0.2) is 0 Å². The van der Waals surface area contributed by atoms with Gasteiger partial charge in [-0.2, -0.15) is 224 Å². The smallest absolute Gasteiger partial charge is 0.460 e. The van der Waals surface area contributed by atoms with Crippen molar-refractivity contribution in [1.29, 1.82) is 0 Å². The molecule has 0 saturated heterocycles. The highest BCUT2D eigenvalue weighted by molar-refractivity contribution is 6.63. The highest BCUT2D eigenvalue weighted by Crippen LogP contribution is 2.69. The molecular formula is C67H76ClF51O7. The summed E-state index contributed by atoms with van der Waals surface area (Å²) in [5.74, 6) is -175. The van der Waals surface area contributed by atoms with Crippen molar-refractivity contribution < 1.29 is 257 Å². The third-order valence-electron chi connectivity index (χ3n) is 19.7. The molecule has 0 N–H and O–H groups in total. The number of halogens is 52. The summed E-state index contributed by atoms with van der Waals surface area (Å²) in [6, 6.07) is 0. The van der Waals surface area contributed by atoms with Crippen LogP contribution in [0.2, 0.25) is 0 Å². The zero-order valence-electron chi connectivity index (χ0n) is 63.9. The van der Waals surface area contributed by atoms with E-state index in [0.717, 1.165) is 0 Å². The van der Waals surface area contributed by atoms with Gasteiger partial charge in [-0.3, -0.25) is 19.2 Å². The number of hydrogen-bond acceptors (Lipinski definition) is 7. The summed E-state index contributed by atoms with van der Waals surface area (Å²) in [5.41, 5.74) is -1.09. The van der Waals surface area contributed by atoms with Crippen molar-refractivity contribution in [3.05, 3.63) is 0 Å². The molecule has 0 aromatic rings. The molecule has 59 heteroatoms. The minimum absolute atomic E-state index is 0.0119. The van der Waals surface area contributed by atoms with Gasteiger partial charge >= 0.3 is 161 Å². The fourth-order valence-corrected chi connectivity index (χ4v) is 11.9. The van der Waals surface area contributed by atoms with E-state index in [1.54, 1.807) is 0 Å². The predicted molar refractivity (Wildman–Crippen MR) is 330 cm³/mol. The molecule has 7 nitrogen and oxygen atoms in total. The maximum Gasteiger partial charge on any atom is 0.460 e. The Hall–Kier alpha value is -5.20. The maximum atomic E-state index is 14.3. The Kier molecular flexibility index (Phi) is 41.4. The van der Waals surface area contributed by atoms with Gasteiger partial charge < -0.3 is 14.2 Å². The third kappa shape index (κ3) is 25.8. The summed E-state index contributed by atoms with van der Waals surface area (Å²) < 4.78 is 709. The van der Waals surface area contributed by atoms with E-state index in [9.17, 15) is 243 Å². The molecule has 0 atom stereocenters. The Morgan fingerprint density at radius 3 is 0.484 bits per heavy atom. The Morgan fingerprint density at radius 1 is 0.167 bits per heavy atom. The molecule has 0 unspecified atom stereocenters. The second-order valence-corrected chi connectivity index (χ2v) is 29.6. The van der Waals surface area contributed by atoms with E-state index < -0.39 is 275 Å². The van der Waals surface area contributed by atoms with E-state index in [-0.39, 0.29) is 141 Å². The van der Waals surface area contributed by atoms with Crippen molar-refractivity contribution in [1.82, 2.24) is 0 Å². The number of rotatable bonds is 63. The van der Waals surface area contributed by atoms with Gasteiger partial charge in [-0.15, -0.1) is 0 Å². The van der Waals surface area contributed by atoms with Crippen LogP contribution in [0.5, 0.6) is 0 Å². The number of carbonyl (C=O) groups excluding carboxylic acids is 4. The molecule has 0 bridgehead atoms. The zero-order valence-corrected chi connectivity index (χ0v) is 64.6. The van der Waals surface area contributed by atoms with Crippen LogP contribution in [0.25, 0.3) is 0 Å².